The Bertz CT molecular complexity index is 377. The topological polar surface area (TPSA) is 55.0 Å². The number of nitrogens with one attached hydrogen (secondary N) is 1. The Morgan fingerprint density at radius 3 is 1.91 bits per heavy atom. The van der Waals surface area contributed by atoms with Gasteiger partial charge in [-0.25, -0.2) is 4.98 Å². The van der Waals surface area contributed by atoms with E-state index in [1.165, 1.54) is 70.6 Å². The Morgan fingerprint density at radius 2 is 1.43 bits per heavy atom. The zero-order chi connectivity index (χ0) is 16.6. The van der Waals surface area contributed by atoms with Gasteiger partial charge in [0.05, 0.1) is 0 Å². The van der Waals surface area contributed by atoms with E-state index in [0.717, 1.165) is 12.8 Å². The molecule has 0 aliphatic rings. The molecule has 0 saturated heterocycles. The lowest BCUT2D eigenvalue weighted by atomic mass is 10.0. The van der Waals surface area contributed by atoms with Crippen LogP contribution in [0.5, 0.6) is 6.01 Å². The summed E-state index contributed by atoms with van der Waals surface area (Å²) in [5.74, 6) is -0.192. The van der Waals surface area contributed by atoms with Crippen molar-refractivity contribution in [2.75, 3.05) is 0 Å². The minimum Gasteiger partial charge on any atom is -0.392 e. The summed E-state index contributed by atoms with van der Waals surface area (Å²) in [5, 5.41) is 0. The molecule has 0 bridgehead atoms. The first-order valence-electron chi connectivity index (χ1n) is 9.53. The van der Waals surface area contributed by atoms with Crippen molar-refractivity contribution in [3.05, 3.63) is 12.4 Å². The smallest absolute Gasteiger partial charge is 0.313 e. The molecule has 1 N–H and O–H groups in total. The normalized spacial score (nSPS) is 10.8. The van der Waals surface area contributed by atoms with Crippen LogP contribution in [0.3, 0.4) is 0 Å². The molecule has 0 aromatic carbocycles. The first-order chi connectivity index (χ1) is 11.3. The number of carbonyl (C=O) groups is 1. The molecule has 4 heteroatoms. The Labute approximate surface area is 141 Å². The predicted octanol–water partition coefficient (Wildman–Crippen LogP) is 5.80. The number of carbonyl (C=O) groups excluding carboxylic acids is 1. The summed E-state index contributed by atoms with van der Waals surface area (Å²) in [5.41, 5.74) is 0. The van der Waals surface area contributed by atoms with E-state index in [0.29, 0.717) is 12.4 Å². The number of H-pyrrole nitrogens is 1. The maximum atomic E-state index is 11.5. The average Bonchev–Trinajstić information content (AvgIpc) is 3.04. The van der Waals surface area contributed by atoms with Crippen molar-refractivity contribution in [3.63, 3.8) is 0 Å². The number of ether oxygens (including phenoxy) is 1. The van der Waals surface area contributed by atoms with Gasteiger partial charge in [-0.3, -0.25) is 4.79 Å². The van der Waals surface area contributed by atoms with Crippen molar-refractivity contribution in [3.8, 4) is 6.01 Å². The summed E-state index contributed by atoms with van der Waals surface area (Å²) in [6.45, 7) is 2.27. The van der Waals surface area contributed by atoms with Crippen LogP contribution in [0, 0.1) is 0 Å². The molecular weight excluding hydrogens is 288 g/mol. The molecule has 0 saturated carbocycles. The summed E-state index contributed by atoms with van der Waals surface area (Å²) >= 11 is 0. The zero-order valence-corrected chi connectivity index (χ0v) is 14.8. The van der Waals surface area contributed by atoms with Crippen molar-refractivity contribution in [1.82, 2.24) is 9.97 Å². The molecular formula is C19H34N2O2. The number of aromatic nitrogens is 2. The Hall–Kier alpha value is -1.32. The number of unbranched alkanes of at least 4 members (excludes halogenated alkanes) is 12. The fraction of sp³-hybridized carbons (Fsp3) is 0.789. The third-order valence-electron chi connectivity index (χ3n) is 4.17. The molecule has 0 fully saturated rings. The molecule has 1 heterocycles. The fourth-order valence-electron chi connectivity index (χ4n) is 2.75. The van der Waals surface area contributed by atoms with E-state index < -0.39 is 0 Å². The number of hydrogen-bond donors (Lipinski definition) is 1. The second kappa shape index (κ2) is 14.3. The lowest BCUT2D eigenvalue weighted by molar-refractivity contribution is -0.135. The summed E-state index contributed by atoms with van der Waals surface area (Å²) in [4.78, 5) is 18.2. The highest BCUT2D eigenvalue weighted by molar-refractivity contribution is 5.71. The molecule has 23 heavy (non-hydrogen) atoms. The van der Waals surface area contributed by atoms with Gasteiger partial charge in [-0.15, -0.1) is 0 Å². The Balaban J connectivity index is 1.77. The predicted molar refractivity (Wildman–Crippen MR) is 94.5 cm³/mol. The van der Waals surface area contributed by atoms with E-state index in [2.05, 4.69) is 16.9 Å². The van der Waals surface area contributed by atoms with Gasteiger partial charge in [0.25, 0.3) is 0 Å². The van der Waals surface area contributed by atoms with Gasteiger partial charge in [0, 0.05) is 18.8 Å². The molecule has 0 amide bonds. The number of rotatable bonds is 15. The van der Waals surface area contributed by atoms with Crippen molar-refractivity contribution in [1.29, 1.82) is 0 Å². The average molecular weight is 322 g/mol. The maximum Gasteiger partial charge on any atom is 0.313 e. The number of imidazole rings is 1. The van der Waals surface area contributed by atoms with Gasteiger partial charge in [-0.05, 0) is 6.42 Å². The van der Waals surface area contributed by atoms with Crippen molar-refractivity contribution in [2.24, 2.45) is 0 Å². The van der Waals surface area contributed by atoms with E-state index in [4.69, 9.17) is 4.74 Å². The fourth-order valence-corrected chi connectivity index (χ4v) is 2.75. The highest BCUT2D eigenvalue weighted by Crippen LogP contribution is 2.13. The SMILES string of the molecule is CCCCCCCCCCCCCCCC(=O)Oc1ncc[nH]1. The summed E-state index contributed by atoms with van der Waals surface area (Å²) in [7, 11) is 0. The van der Waals surface area contributed by atoms with Gasteiger partial charge in [0.15, 0.2) is 0 Å². The lowest BCUT2D eigenvalue weighted by Crippen LogP contribution is -2.08. The zero-order valence-electron chi connectivity index (χ0n) is 14.8. The molecule has 0 unspecified atom stereocenters. The highest BCUT2D eigenvalue weighted by atomic mass is 16.5. The molecule has 1 aromatic heterocycles. The first kappa shape index (κ1) is 19.7. The molecule has 0 aliphatic heterocycles. The van der Waals surface area contributed by atoms with Crippen LogP contribution in [-0.4, -0.2) is 15.9 Å². The van der Waals surface area contributed by atoms with Gasteiger partial charge in [0.2, 0.25) is 0 Å². The van der Waals surface area contributed by atoms with E-state index in [1.54, 1.807) is 12.4 Å². The quantitative estimate of drug-likeness (QED) is 0.328. The highest BCUT2D eigenvalue weighted by Gasteiger charge is 2.05. The van der Waals surface area contributed by atoms with Crippen LogP contribution >= 0.6 is 0 Å². The lowest BCUT2D eigenvalue weighted by Gasteiger charge is -2.03. The number of aromatic amines is 1. The second-order valence-electron chi connectivity index (χ2n) is 6.36. The molecule has 0 atom stereocenters. The van der Waals surface area contributed by atoms with Crippen molar-refractivity contribution < 1.29 is 9.53 Å². The number of hydrogen-bond acceptors (Lipinski definition) is 3. The summed E-state index contributed by atoms with van der Waals surface area (Å²) in [6.07, 6.45) is 20.7. The minimum absolute atomic E-state index is 0.192. The summed E-state index contributed by atoms with van der Waals surface area (Å²) < 4.78 is 5.06. The Kier molecular flexibility index (Phi) is 12.3. The molecule has 0 radical (unpaired) electrons. The van der Waals surface area contributed by atoms with Crippen LogP contribution in [0.15, 0.2) is 12.4 Å². The van der Waals surface area contributed by atoms with Crippen LogP contribution in [0.4, 0.5) is 0 Å². The minimum atomic E-state index is -0.192. The van der Waals surface area contributed by atoms with Crippen LogP contribution in [0.25, 0.3) is 0 Å². The maximum absolute atomic E-state index is 11.5. The standard InChI is InChI=1S/C19H34N2O2/c1-2-3-4-5-6-7-8-9-10-11-12-13-14-15-18(22)23-19-20-16-17-21-19/h16-17H,2-15H2,1H3,(H,20,21). The number of nitrogens with zero attached hydrogens (tertiary/aromatic N) is 1. The molecule has 0 spiro atoms. The van der Waals surface area contributed by atoms with Crippen LogP contribution in [-0.2, 0) is 4.79 Å². The van der Waals surface area contributed by atoms with Gasteiger partial charge in [0.1, 0.15) is 0 Å². The second-order valence-corrected chi connectivity index (χ2v) is 6.36. The van der Waals surface area contributed by atoms with Crippen LogP contribution in [0.2, 0.25) is 0 Å². The summed E-state index contributed by atoms with van der Waals surface area (Å²) in [6, 6.07) is 0.296. The largest absolute Gasteiger partial charge is 0.392 e. The monoisotopic (exact) mass is 322 g/mol. The van der Waals surface area contributed by atoms with Crippen molar-refractivity contribution >= 4 is 5.97 Å². The van der Waals surface area contributed by atoms with Crippen LogP contribution in [0.1, 0.15) is 96.8 Å². The third-order valence-corrected chi connectivity index (χ3v) is 4.17. The van der Waals surface area contributed by atoms with Crippen LogP contribution < -0.4 is 4.74 Å². The molecule has 4 nitrogen and oxygen atoms in total. The number of esters is 1. The first-order valence-corrected chi connectivity index (χ1v) is 9.53. The van der Waals surface area contributed by atoms with Crippen molar-refractivity contribution in [2.45, 2.75) is 96.8 Å². The van der Waals surface area contributed by atoms with E-state index in [9.17, 15) is 4.79 Å². The Morgan fingerprint density at radius 1 is 0.913 bits per heavy atom. The molecule has 1 rings (SSSR count). The van der Waals surface area contributed by atoms with Gasteiger partial charge in [-0.2, -0.15) is 0 Å². The van der Waals surface area contributed by atoms with Gasteiger partial charge < -0.3 is 9.72 Å². The van der Waals surface area contributed by atoms with E-state index in [-0.39, 0.29) is 5.97 Å². The van der Waals surface area contributed by atoms with Gasteiger partial charge in [-0.1, -0.05) is 84.0 Å². The molecule has 0 aliphatic carbocycles. The molecule has 132 valence electrons. The third kappa shape index (κ3) is 11.8. The van der Waals surface area contributed by atoms with E-state index in [1.807, 2.05) is 0 Å². The van der Waals surface area contributed by atoms with E-state index >= 15 is 0 Å². The molecule has 1 aromatic rings. The van der Waals surface area contributed by atoms with Gasteiger partial charge >= 0.3 is 12.0 Å².